The fourth-order valence-corrected chi connectivity index (χ4v) is 3.52. The van der Waals surface area contributed by atoms with Crippen molar-refractivity contribution in [1.29, 1.82) is 0 Å². The van der Waals surface area contributed by atoms with Crippen molar-refractivity contribution in [3.63, 3.8) is 0 Å². The second kappa shape index (κ2) is 5.74. The van der Waals surface area contributed by atoms with Crippen molar-refractivity contribution < 1.29 is 0 Å². The zero-order valence-corrected chi connectivity index (χ0v) is 13.9. The maximum absolute atomic E-state index is 12.0. The fourth-order valence-electron chi connectivity index (χ4n) is 3.52. The molecule has 4 rings (SSSR count). The van der Waals surface area contributed by atoms with E-state index >= 15 is 0 Å². The average Bonchev–Trinajstić information content (AvgIpc) is 3.15. The summed E-state index contributed by atoms with van der Waals surface area (Å²) in [5.74, 6) is 0.946. The number of aryl methyl sites for hydroxylation is 2. The van der Waals surface area contributed by atoms with Crippen molar-refractivity contribution in [3.8, 4) is 0 Å². The quantitative estimate of drug-likeness (QED) is 0.730. The number of hydrogen-bond donors (Lipinski definition) is 0. The van der Waals surface area contributed by atoms with Gasteiger partial charge in [-0.05, 0) is 31.9 Å². The first-order chi connectivity index (χ1) is 11.6. The molecule has 0 radical (unpaired) electrons. The van der Waals surface area contributed by atoms with E-state index < -0.39 is 0 Å². The molecule has 1 unspecified atom stereocenters. The fraction of sp³-hybridized carbons (Fsp3) is 0.412. The van der Waals surface area contributed by atoms with Crippen LogP contribution in [-0.2, 0) is 13.6 Å². The molecule has 0 bridgehead atoms. The first-order valence-electron chi connectivity index (χ1n) is 8.21. The smallest absolute Gasteiger partial charge is 0.266 e. The monoisotopic (exact) mass is 324 g/mol. The highest BCUT2D eigenvalue weighted by Crippen LogP contribution is 2.31. The van der Waals surface area contributed by atoms with Crippen molar-refractivity contribution in [1.82, 2.24) is 24.3 Å². The standard InChI is InChI=1S/C17H20N6O/c1-12-9-14-16(21(12)2)17(19-11-18-14)22-8-4-5-13(22)10-23-15(24)6-3-7-20-23/h3,6-7,9,11,13H,4-5,8,10H2,1-2H3. The van der Waals surface area contributed by atoms with Crippen LogP contribution < -0.4 is 10.5 Å². The molecule has 7 heteroatoms. The summed E-state index contributed by atoms with van der Waals surface area (Å²) < 4.78 is 3.67. The lowest BCUT2D eigenvalue weighted by Gasteiger charge is -2.26. The van der Waals surface area contributed by atoms with Crippen molar-refractivity contribution in [2.75, 3.05) is 11.4 Å². The van der Waals surface area contributed by atoms with E-state index in [9.17, 15) is 4.79 Å². The third-order valence-electron chi connectivity index (χ3n) is 4.86. The number of aromatic nitrogens is 5. The van der Waals surface area contributed by atoms with Crippen LogP contribution in [0.25, 0.3) is 11.0 Å². The van der Waals surface area contributed by atoms with Gasteiger partial charge in [0.25, 0.3) is 5.56 Å². The molecule has 1 aliphatic rings. The number of hydrogen-bond acceptors (Lipinski definition) is 5. The minimum atomic E-state index is -0.0631. The van der Waals surface area contributed by atoms with E-state index in [1.54, 1.807) is 24.7 Å². The predicted octanol–water partition coefficient (Wildman–Crippen LogP) is 1.50. The van der Waals surface area contributed by atoms with E-state index in [1.807, 2.05) is 7.05 Å². The van der Waals surface area contributed by atoms with Crippen LogP contribution in [0, 0.1) is 6.92 Å². The summed E-state index contributed by atoms with van der Waals surface area (Å²) >= 11 is 0. The van der Waals surface area contributed by atoms with Gasteiger partial charge < -0.3 is 9.47 Å². The highest BCUT2D eigenvalue weighted by Gasteiger charge is 2.29. The van der Waals surface area contributed by atoms with E-state index in [0.717, 1.165) is 41.9 Å². The van der Waals surface area contributed by atoms with Crippen molar-refractivity contribution >= 4 is 16.9 Å². The van der Waals surface area contributed by atoms with E-state index in [2.05, 4.69) is 37.5 Å². The van der Waals surface area contributed by atoms with Crippen LogP contribution in [-0.4, -0.2) is 36.9 Å². The minimum Gasteiger partial charge on any atom is -0.350 e. The van der Waals surface area contributed by atoms with Crippen LogP contribution in [0.5, 0.6) is 0 Å². The normalized spacial score (nSPS) is 17.8. The summed E-state index contributed by atoms with van der Waals surface area (Å²) in [7, 11) is 2.04. The molecule has 1 fully saturated rings. The Labute approximate surface area is 139 Å². The van der Waals surface area contributed by atoms with Crippen LogP contribution >= 0.6 is 0 Å². The Morgan fingerprint density at radius 3 is 3.04 bits per heavy atom. The second-order valence-electron chi connectivity index (χ2n) is 6.31. The van der Waals surface area contributed by atoms with Gasteiger partial charge in [0.1, 0.15) is 11.8 Å². The maximum Gasteiger partial charge on any atom is 0.266 e. The highest BCUT2D eigenvalue weighted by molar-refractivity contribution is 5.87. The van der Waals surface area contributed by atoms with Crippen molar-refractivity contribution in [3.05, 3.63) is 46.8 Å². The number of rotatable bonds is 3. The van der Waals surface area contributed by atoms with Crippen LogP contribution in [0.1, 0.15) is 18.5 Å². The summed E-state index contributed by atoms with van der Waals surface area (Å²) in [6, 6.07) is 5.52. The van der Waals surface area contributed by atoms with Gasteiger partial charge in [-0.1, -0.05) is 0 Å². The highest BCUT2D eigenvalue weighted by atomic mass is 16.1. The molecule has 1 aliphatic heterocycles. The lowest BCUT2D eigenvalue weighted by Crippen LogP contribution is -2.37. The van der Waals surface area contributed by atoms with E-state index in [-0.39, 0.29) is 11.6 Å². The molecule has 0 saturated carbocycles. The largest absolute Gasteiger partial charge is 0.350 e. The summed E-state index contributed by atoms with van der Waals surface area (Å²) in [5.41, 5.74) is 3.10. The number of anilines is 1. The first-order valence-corrected chi connectivity index (χ1v) is 8.21. The molecular weight excluding hydrogens is 304 g/mol. The molecule has 1 atom stereocenters. The molecule has 7 nitrogen and oxygen atoms in total. The van der Waals surface area contributed by atoms with E-state index in [0.29, 0.717) is 6.54 Å². The summed E-state index contributed by atoms with van der Waals surface area (Å²) in [5, 5.41) is 4.19. The molecule has 0 spiro atoms. The third-order valence-corrected chi connectivity index (χ3v) is 4.86. The van der Waals surface area contributed by atoms with Gasteiger partial charge in [0.2, 0.25) is 0 Å². The van der Waals surface area contributed by atoms with Gasteiger partial charge >= 0.3 is 0 Å². The second-order valence-corrected chi connectivity index (χ2v) is 6.31. The zero-order chi connectivity index (χ0) is 16.7. The van der Waals surface area contributed by atoms with Gasteiger partial charge in [-0.15, -0.1) is 0 Å². The Bertz CT molecular complexity index is 944. The zero-order valence-electron chi connectivity index (χ0n) is 13.9. The average molecular weight is 324 g/mol. The lowest BCUT2D eigenvalue weighted by atomic mass is 10.2. The molecule has 124 valence electrons. The molecule has 1 saturated heterocycles. The third kappa shape index (κ3) is 2.36. The molecule has 3 aromatic rings. The van der Waals surface area contributed by atoms with Crippen molar-refractivity contribution in [2.24, 2.45) is 7.05 Å². The number of nitrogens with zero attached hydrogens (tertiary/aromatic N) is 6. The lowest BCUT2D eigenvalue weighted by molar-refractivity contribution is 0.487. The van der Waals surface area contributed by atoms with Gasteiger partial charge in [-0.2, -0.15) is 5.10 Å². The van der Waals surface area contributed by atoms with Crippen LogP contribution in [0.2, 0.25) is 0 Å². The SMILES string of the molecule is Cc1cc2ncnc(N3CCCC3Cn3ncccc3=O)c2n1C. The predicted molar refractivity (Wildman–Crippen MR) is 92.1 cm³/mol. The molecule has 0 aliphatic carbocycles. The maximum atomic E-state index is 12.0. The van der Waals surface area contributed by atoms with Crippen LogP contribution in [0.15, 0.2) is 35.5 Å². The summed E-state index contributed by atoms with van der Waals surface area (Å²) in [6.45, 7) is 3.58. The summed E-state index contributed by atoms with van der Waals surface area (Å²) in [6.07, 6.45) is 5.39. The molecule has 24 heavy (non-hydrogen) atoms. The number of fused-ring (bicyclic) bond motifs is 1. The van der Waals surface area contributed by atoms with E-state index in [4.69, 9.17) is 0 Å². The Morgan fingerprint density at radius 2 is 2.21 bits per heavy atom. The van der Waals surface area contributed by atoms with Gasteiger partial charge in [0.05, 0.1) is 18.1 Å². The molecule has 3 aromatic heterocycles. The molecule has 0 aromatic carbocycles. The minimum absolute atomic E-state index is 0.0631. The van der Waals surface area contributed by atoms with Crippen LogP contribution in [0.3, 0.4) is 0 Å². The van der Waals surface area contributed by atoms with Gasteiger partial charge in [-0.3, -0.25) is 4.79 Å². The Balaban J connectivity index is 1.73. The molecule has 0 N–H and O–H groups in total. The Hall–Kier alpha value is -2.70. The van der Waals surface area contributed by atoms with E-state index in [1.165, 1.54) is 4.68 Å². The molecule has 4 heterocycles. The van der Waals surface area contributed by atoms with Gasteiger partial charge in [0.15, 0.2) is 5.82 Å². The topological polar surface area (TPSA) is 68.8 Å². The Kier molecular flexibility index (Phi) is 3.55. The molecular formula is C17H20N6O. The molecule has 0 amide bonds. The van der Waals surface area contributed by atoms with Gasteiger partial charge in [0, 0.05) is 31.5 Å². The Morgan fingerprint density at radius 1 is 1.33 bits per heavy atom. The first kappa shape index (κ1) is 14.9. The van der Waals surface area contributed by atoms with Crippen LogP contribution in [0.4, 0.5) is 5.82 Å². The summed E-state index contributed by atoms with van der Waals surface area (Å²) in [4.78, 5) is 23.2. The van der Waals surface area contributed by atoms with Gasteiger partial charge in [-0.25, -0.2) is 14.6 Å². The van der Waals surface area contributed by atoms with Crippen molar-refractivity contribution in [2.45, 2.75) is 32.4 Å².